The molecule has 1 nitrogen and oxygen atoms in total. The van der Waals surface area contributed by atoms with Gasteiger partial charge in [0, 0.05) is 6.04 Å². The van der Waals surface area contributed by atoms with E-state index >= 15 is 0 Å². The molecule has 16 heavy (non-hydrogen) atoms. The Morgan fingerprint density at radius 1 is 1.12 bits per heavy atom. The average molecular weight is 221 g/mol. The van der Waals surface area contributed by atoms with Crippen molar-refractivity contribution in [3.8, 4) is 11.8 Å². The van der Waals surface area contributed by atoms with Gasteiger partial charge in [0.15, 0.2) is 0 Å². The fraction of sp³-hybridized carbons (Fsp3) is 0.867. The van der Waals surface area contributed by atoms with Crippen molar-refractivity contribution in [2.24, 2.45) is 11.3 Å². The van der Waals surface area contributed by atoms with Crippen molar-refractivity contribution in [1.29, 1.82) is 0 Å². The molecule has 1 fully saturated rings. The Kier molecular flexibility index (Phi) is 5.35. The van der Waals surface area contributed by atoms with Crippen molar-refractivity contribution in [3.05, 3.63) is 0 Å². The largest absolute Gasteiger partial charge is 0.303 e. The third kappa shape index (κ3) is 4.58. The lowest BCUT2D eigenvalue weighted by Gasteiger charge is -2.29. The second kappa shape index (κ2) is 6.30. The normalized spacial score (nSPS) is 26.8. The predicted molar refractivity (Wildman–Crippen MR) is 71.3 cm³/mol. The van der Waals surface area contributed by atoms with Crippen molar-refractivity contribution in [2.45, 2.75) is 65.8 Å². The molecule has 0 radical (unpaired) electrons. The summed E-state index contributed by atoms with van der Waals surface area (Å²) in [4.78, 5) is 0. The molecular weight excluding hydrogens is 194 g/mol. The highest BCUT2D eigenvalue weighted by Crippen LogP contribution is 2.36. The lowest BCUT2D eigenvalue weighted by molar-refractivity contribution is 0.213. The summed E-state index contributed by atoms with van der Waals surface area (Å²) in [6.07, 6.45) is 6.81. The highest BCUT2D eigenvalue weighted by molar-refractivity contribution is 4.97. The first-order valence-electron chi connectivity index (χ1n) is 6.67. The average Bonchev–Trinajstić information content (AvgIpc) is 2.43. The first-order valence-corrected chi connectivity index (χ1v) is 6.67. The Morgan fingerprint density at radius 3 is 2.50 bits per heavy atom. The molecule has 92 valence electrons. The molecule has 1 aliphatic rings. The van der Waals surface area contributed by atoms with Gasteiger partial charge in [-0.2, -0.15) is 0 Å². The third-order valence-electron chi connectivity index (χ3n) is 3.85. The van der Waals surface area contributed by atoms with Crippen molar-refractivity contribution in [3.63, 3.8) is 0 Å². The maximum Gasteiger partial charge on any atom is 0.0578 e. The van der Waals surface area contributed by atoms with Crippen LogP contribution in [0.25, 0.3) is 0 Å². The molecule has 0 bridgehead atoms. The summed E-state index contributed by atoms with van der Waals surface area (Å²) < 4.78 is 0. The zero-order valence-corrected chi connectivity index (χ0v) is 11.4. The van der Waals surface area contributed by atoms with Crippen LogP contribution in [-0.2, 0) is 0 Å². The summed E-state index contributed by atoms with van der Waals surface area (Å²) >= 11 is 0. The van der Waals surface area contributed by atoms with Crippen LogP contribution in [-0.4, -0.2) is 12.6 Å². The topological polar surface area (TPSA) is 12.0 Å². The fourth-order valence-corrected chi connectivity index (χ4v) is 2.66. The maximum absolute atomic E-state index is 3.56. The lowest BCUT2D eigenvalue weighted by atomic mass is 9.76. The van der Waals surface area contributed by atoms with Crippen LogP contribution in [0.1, 0.15) is 59.8 Å². The van der Waals surface area contributed by atoms with E-state index in [2.05, 4.69) is 37.9 Å². The summed E-state index contributed by atoms with van der Waals surface area (Å²) in [6.45, 7) is 9.92. The second-order valence-electron chi connectivity index (χ2n) is 6.08. The summed E-state index contributed by atoms with van der Waals surface area (Å²) in [6, 6.07) is 0.702. The van der Waals surface area contributed by atoms with Gasteiger partial charge in [0.25, 0.3) is 0 Å². The minimum Gasteiger partial charge on any atom is -0.303 e. The van der Waals surface area contributed by atoms with Crippen LogP contribution in [0, 0.1) is 23.2 Å². The van der Waals surface area contributed by atoms with Crippen molar-refractivity contribution < 1.29 is 0 Å². The Bertz CT molecular complexity index is 251. The highest BCUT2D eigenvalue weighted by atomic mass is 14.9. The van der Waals surface area contributed by atoms with Gasteiger partial charge >= 0.3 is 0 Å². The minimum absolute atomic E-state index is 0.484. The maximum atomic E-state index is 3.56. The molecule has 2 atom stereocenters. The van der Waals surface area contributed by atoms with Crippen LogP contribution in [0.2, 0.25) is 0 Å². The first-order chi connectivity index (χ1) is 7.54. The van der Waals surface area contributed by atoms with E-state index in [-0.39, 0.29) is 0 Å². The van der Waals surface area contributed by atoms with Gasteiger partial charge in [-0.15, -0.1) is 5.92 Å². The number of hydrogen-bond donors (Lipinski definition) is 1. The van der Waals surface area contributed by atoms with Gasteiger partial charge in [0.1, 0.15) is 0 Å². The summed E-state index contributed by atoms with van der Waals surface area (Å²) in [7, 11) is 0. The molecule has 0 amide bonds. The first kappa shape index (κ1) is 13.6. The molecule has 0 aromatic heterocycles. The van der Waals surface area contributed by atoms with Crippen LogP contribution < -0.4 is 5.32 Å². The van der Waals surface area contributed by atoms with Gasteiger partial charge in [0.05, 0.1) is 6.54 Å². The van der Waals surface area contributed by atoms with Crippen LogP contribution in [0.3, 0.4) is 0 Å². The summed E-state index contributed by atoms with van der Waals surface area (Å²) in [5.74, 6) is 6.94. The van der Waals surface area contributed by atoms with Gasteiger partial charge < -0.3 is 5.32 Å². The summed E-state index contributed by atoms with van der Waals surface area (Å²) in [5, 5.41) is 3.56. The monoisotopic (exact) mass is 221 g/mol. The molecule has 2 unspecified atom stereocenters. The summed E-state index contributed by atoms with van der Waals surface area (Å²) in [5.41, 5.74) is 0.484. The standard InChI is InChI=1S/C15H27N/c1-5-6-12-16-14-9-7-8-13(10-11-14)15(2,3)4/h13-14,16H,7-12H2,1-4H3. The molecule has 0 heterocycles. The van der Waals surface area contributed by atoms with E-state index in [1.807, 2.05) is 6.92 Å². The Balaban J connectivity index is 2.36. The number of nitrogens with one attached hydrogen (secondary N) is 1. The number of rotatable bonds is 2. The Labute approximate surface area is 101 Å². The van der Waals surface area contributed by atoms with Crippen LogP contribution in [0.15, 0.2) is 0 Å². The number of hydrogen-bond acceptors (Lipinski definition) is 1. The molecule has 0 aliphatic heterocycles. The van der Waals surface area contributed by atoms with Crippen molar-refractivity contribution in [2.75, 3.05) is 6.54 Å². The molecule has 0 aromatic carbocycles. The molecule has 0 spiro atoms. The molecule has 1 saturated carbocycles. The zero-order chi connectivity index (χ0) is 12.0. The van der Waals surface area contributed by atoms with E-state index in [4.69, 9.17) is 0 Å². The molecule has 0 saturated heterocycles. The highest BCUT2D eigenvalue weighted by Gasteiger charge is 2.27. The van der Waals surface area contributed by atoms with Crippen LogP contribution >= 0.6 is 0 Å². The third-order valence-corrected chi connectivity index (χ3v) is 3.85. The molecular formula is C15H27N. The predicted octanol–water partition coefficient (Wildman–Crippen LogP) is 3.59. The van der Waals surface area contributed by atoms with E-state index in [1.165, 1.54) is 32.1 Å². The SMILES string of the molecule is CC#CCNC1CCCC(C(C)(C)C)CC1. The second-order valence-corrected chi connectivity index (χ2v) is 6.08. The van der Waals surface area contributed by atoms with Crippen molar-refractivity contribution >= 4 is 0 Å². The van der Waals surface area contributed by atoms with E-state index in [1.54, 1.807) is 0 Å². The van der Waals surface area contributed by atoms with Gasteiger partial charge in [-0.3, -0.25) is 0 Å². The molecule has 1 aliphatic carbocycles. The fourth-order valence-electron chi connectivity index (χ4n) is 2.66. The molecule has 1 heteroatoms. The molecule has 1 N–H and O–H groups in total. The molecule has 0 aromatic rings. The van der Waals surface area contributed by atoms with Crippen molar-refractivity contribution in [1.82, 2.24) is 5.32 Å². The molecule has 1 rings (SSSR count). The van der Waals surface area contributed by atoms with Crippen LogP contribution in [0.4, 0.5) is 0 Å². The zero-order valence-electron chi connectivity index (χ0n) is 11.4. The van der Waals surface area contributed by atoms with Gasteiger partial charge in [-0.1, -0.05) is 33.1 Å². The van der Waals surface area contributed by atoms with E-state index < -0.39 is 0 Å². The van der Waals surface area contributed by atoms with Crippen LogP contribution in [0.5, 0.6) is 0 Å². The van der Waals surface area contributed by atoms with E-state index in [0.717, 1.165) is 12.5 Å². The lowest BCUT2D eigenvalue weighted by Crippen LogP contribution is -2.29. The van der Waals surface area contributed by atoms with E-state index in [9.17, 15) is 0 Å². The van der Waals surface area contributed by atoms with Gasteiger partial charge in [-0.05, 0) is 43.9 Å². The Hall–Kier alpha value is -0.480. The minimum atomic E-state index is 0.484. The van der Waals surface area contributed by atoms with Gasteiger partial charge in [0.2, 0.25) is 0 Å². The van der Waals surface area contributed by atoms with E-state index in [0.29, 0.717) is 11.5 Å². The quantitative estimate of drug-likeness (QED) is 0.555. The van der Waals surface area contributed by atoms with Gasteiger partial charge in [-0.25, -0.2) is 0 Å². The Morgan fingerprint density at radius 2 is 1.88 bits per heavy atom. The smallest absolute Gasteiger partial charge is 0.0578 e.